The molecule has 168 valence electrons. The van der Waals surface area contributed by atoms with E-state index in [9.17, 15) is 14.4 Å². The summed E-state index contributed by atoms with van der Waals surface area (Å²) in [4.78, 5) is 41.5. The lowest BCUT2D eigenvalue weighted by atomic mass is 10.1. The van der Waals surface area contributed by atoms with E-state index in [2.05, 4.69) is 5.32 Å². The van der Waals surface area contributed by atoms with E-state index in [0.717, 1.165) is 6.42 Å². The second-order valence-corrected chi connectivity index (χ2v) is 7.88. The van der Waals surface area contributed by atoms with E-state index < -0.39 is 6.10 Å². The number of hydrogen-bond acceptors (Lipinski definition) is 5. The Labute approximate surface area is 187 Å². The maximum atomic E-state index is 13.0. The van der Waals surface area contributed by atoms with Gasteiger partial charge in [0.1, 0.15) is 11.9 Å². The van der Waals surface area contributed by atoms with Crippen molar-refractivity contribution >= 4 is 23.4 Å². The van der Waals surface area contributed by atoms with Crippen molar-refractivity contribution in [2.24, 2.45) is 0 Å². The van der Waals surface area contributed by atoms with Gasteiger partial charge < -0.3 is 24.6 Å². The molecule has 0 radical (unpaired) electrons. The number of carbonyl (C=O) groups is 3. The van der Waals surface area contributed by atoms with Gasteiger partial charge in [0.05, 0.1) is 7.11 Å². The molecule has 1 N–H and O–H groups in total. The average Bonchev–Trinajstić information content (AvgIpc) is 3.39. The van der Waals surface area contributed by atoms with Crippen LogP contribution in [0.3, 0.4) is 0 Å². The molecule has 2 aliphatic rings. The fourth-order valence-corrected chi connectivity index (χ4v) is 3.95. The lowest BCUT2D eigenvalue weighted by Gasteiger charge is -2.35. The van der Waals surface area contributed by atoms with Crippen molar-refractivity contribution in [1.82, 2.24) is 9.80 Å². The van der Waals surface area contributed by atoms with Crippen LogP contribution in [0, 0.1) is 0 Å². The lowest BCUT2D eigenvalue weighted by Crippen LogP contribution is -2.50. The van der Waals surface area contributed by atoms with Crippen LogP contribution < -0.4 is 10.1 Å². The molecule has 4 rings (SSSR count). The zero-order valence-corrected chi connectivity index (χ0v) is 18.1. The van der Waals surface area contributed by atoms with Gasteiger partial charge in [-0.3, -0.25) is 14.4 Å². The number of anilines is 1. The molecule has 2 aromatic rings. The minimum atomic E-state index is -0.425. The summed E-state index contributed by atoms with van der Waals surface area (Å²) < 4.78 is 10.5. The molecule has 2 heterocycles. The third kappa shape index (κ3) is 4.91. The minimum absolute atomic E-state index is 0.0569. The molecule has 0 spiro atoms. The Hall–Kier alpha value is -3.39. The molecular formula is C24H27N3O5. The molecule has 0 saturated carbocycles. The zero-order chi connectivity index (χ0) is 22.5. The number of nitrogens with one attached hydrogen (secondary N) is 1. The van der Waals surface area contributed by atoms with E-state index in [4.69, 9.17) is 9.47 Å². The standard InChI is InChI=1S/C24H27N3O5/c1-31-20-9-7-17(8-10-20)23(29)26-11-13-27(14-12-26)24(30)18-4-2-5-19(16-18)25-22(28)21-6-3-15-32-21/h2,4-5,7-10,16,21H,3,6,11-15H2,1H3,(H,25,28). The van der Waals surface area contributed by atoms with E-state index in [1.54, 1.807) is 65.4 Å². The Morgan fingerprint density at radius 2 is 1.59 bits per heavy atom. The van der Waals surface area contributed by atoms with Crippen molar-refractivity contribution in [2.45, 2.75) is 18.9 Å². The van der Waals surface area contributed by atoms with Crippen molar-refractivity contribution < 1.29 is 23.9 Å². The summed E-state index contributed by atoms with van der Waals surface area (Å²) in [6, 6.07) is 13.9. The predicted molar refractivity (Wildman–Crippen MR) is 119 cm³/mol. The third-order valence-corrected chi connectivity index (χ3v) is 5.79. The SMILES string of the molecule is COc1ccc(C(=O)N2CCN(C(=O)c3cccc(NC(=O)C4CCCO4)c3)CC2)cc1. The lowest BCUT2D eigenvalue weighted by molar-refractivity contribution is -0.124. The van der Waals surface area contributed by atoms with E-state index in [1.807, 2.05) is 0 Å². The molecule has 0 aliphatic carbocycles. The van der Waals surface area contributed by atoms with Crippen LogP contribution in [0.1, 0.15) is 33.6 Å². The first-order valence-corrected chi connectivity index (χ1v) is 10.8. The molecule has 2 aliphatic heterocycles. The molecule has 2 aromatic carbocycles. The largest absolute Gasteiger partial charge is 0.497 e. The normalized spacial score (nSPS) is 18.3. The summed E-state index contributed by atoms with van der Waals surface area (Å²) in [6.07, 6.45) is 1.17. The van der Waals surface area contributed by atoms with Crippen LogP contribution >= 0.6 is 0 Å². The molecule has 8 heteroatoms. The Kier molecular flexibility index (Phi) is 6.70. The van der Waals surface area contributed by atoms with Gasteiger partial charge in [-0.2, -0.15) is 0 Å². The van der Waals surface area contributed by atoms with Gasteiger partial charge >= 0.3 is 0 Å². The summed E-state index contributed by atoms with van der Waals surface area (Å²) in [5, 5.41) is 2.83. The first kappa shape index (κ1) is 21.8. The van der Waals surface area contributed by atoms with Crippen molar-refractivity contribution in [3.63, 3.8) is 0 Å². The average molecular weight is 437 g/mol. The number of amides is 3. The van der Waals surface area contributed by atoms with Crippen LogP contribution in [0.5, 0.6) is 5.75 Å². The molecule has 2 saturated heterocycles. The maximum Gasteiger partial charge on any atom is 0.254 e. The topological polar surface area (TPSA) is 88.2 Å². The highest BCUT2D eigenvalue weighted by Gasteiger charge is 2.26. The second-order valence-electron chi connectivity index (χ2n) is 7.88. The highest BCUT2D eigenvalue weighted by Crippen LogP contribution is 2.19. The van der Waals surface area contributed by atoms with Gasteiger partial charge in [0.15, 0.2) is 0 Å². The van der Waals surface area contributed by atoms with Gasteiger partial charge in [-0.15, -0.1) is 0 Å². The fourth-order valence-electron chi connectivity index (χ4n) is 3.95. The number of nitrogens with zero attached hydrogens (tertiary/aromatic N) is 2. The van der Waals surface area contributed by atoms with Crippen LogP contribution in [-0.4, -0.2) is 73.5 Å². The first-order valence-electron chi connectivity index (χ1n) is 10.8. The van der Waals surface area contributed by atoms with E-state index >= 15 is 0 Å². The summed E-state index contributed by atoms with van der Waals surface area (Å²) in [6.45, 7) is 2.43. The van der Waals surface area contributed by atoms with Gasteiger partial charge in [0.2, 0.25) is 0 Å². The highest BCUT2D eigenvalue weighted by molar-refractivity contribution is 5.99. The Morgan fingerprint density at radius 3 is 2.19 bits per heavy atom. The number of carbonyl (C=O) groups excluding carboxylic acids is 3. The summed E-state index contributed by atoms with van der Waals surface area (Å²) in [5.41, 5.74) is 1.68. The number of benzene rings is 2. The van der Waals surface area contributed by atoms with Crippen LogP contribution in [0.2, 0.25) is 0 Å². The summed E-state index contributed by atoms with van der Waals surface area (Å²) in [5.74, 6) is 0.345. The van der Waals surface area contributed by atoms with E-state index in [0.29, 0.717) is 61.8 Å². The van der Waals surface area contributed by atoms with Crippen LogP contribution in [0.25, 0.3) is 0 Å². The van der Waals surface area contributed by atoms with E-state index in [1.165, 1.54) is 0 Å². The predicted octanol–water partition coefficient (Wildman–Crippen LogP) is 2.41. The molecule has 3 amide bonds. The van der Waals surface area contributed by atoms with Gasteiger partial charge in [-0.1, -0.05) is 6.07 Å². The van der Waals surface area contributed by atoms with Crippen molar-refractivity contribution in [2.75, 3.05) is 45.2 Å². The summed E-state index contributed by atoms with van der Waals surface area (Å²) >= 11 is 0. The Balaban J connectivity index is 1.33. The monoisotopic (exact) mass is 437 g/mol. The van der Waals surface area contributed by atoms with Gasteiger partial charge in [0.25, 0.3) is 17.7 Å². The minimum Gasteiger partial charge on any atom is -0.497 e. The molecule has 0 bridgehead atoms. The van der Waals surface area contributed by atoms with Crippen molar-refractivity contribution in [1.29, 1.82) is 0 Å². The molecular weight excluding hydrogens is 410 g/mol. The highest BCUT2D eigenvalue weighted by atomic mass is 16.5. The van der Waals surface area contributed by atoms with Crippen LogP contribution in [0.4, 0.5) is 5.69 Å². The Morgan fingerprint density at radius 1 is 0.938 bits per heavy atom. The summed E-state index contributed by atoms with van der Waals surface area (Å²) in [7, 11) is 1.58. The second kappa shape index (κ2) is 9.82. The smallest absolute Gasteiger partial charge is 0.254 e. The number of piperazine rings is 1. The molecule has 2 fully saturated rings. The van der Waals surface area contributed by atoms with E-state index in [-0.39, 0.29) is 17.7 Å². The number of methoxy groups -OCH3 is 1. The van der Waals surface area contributed by atoms with Gasteiger partial charge in [-0.25, -0.2) is 0 Å². The van der Waals surface area contributed by atoms with Crippen LogP contribution in [-0.2, 0) is 9.53 Å². The van der Waals surface area contributed by atoms with Gasteiger partial charge in [-0.05, 0) is 55.3 Å². The molecule has 1 unspecified atom stereocenters. The van der Waals surface area contributed by atoms with Crippen molar-refractivity contribution in [3.8, 4) is 5.75 Å². The van der Waals surface area contributed by atoms with Crippen molar-refractivity contribution in [3.05, 3.63) is 59.7 Å². The quantitative estimate of drug-likeness (QED) is 0.776. The number of rotatable bonds is 5. The van der Waals surface area contributed by atoms with Crippen LogP contribution in [0.15, 0.2) is 48.5 Å². The maximum absolute atomic E-state index is 13.0. The molecule has 0 aromatic heterocycles. The molecule has 1 atom stereocenters. The zero-order valence-electron chi connectivity index (χ0n) is 18.1. The number of hydrogen-bond donors (Lipinski definition) is 1. The Bertz CT molecular complexity index is 977. The molecule has 8 nitrogen and oxygen atoms in total. The third-order valence-electron chi connectivity index (χ3n) is 5.79. The van der Waals surface area contributed by atoms with Gasteiger partial charge in [0, 0.05) is 49.6 Å². The number of ether oxygens (including phenoxy) is 2. The molecule has 32 heavy (non-hydrogen) atoms. The fraction of sp³-hybridized carbons (Fsp3) is 0.375. The first-order chi connectivity index (χ1) is 15.5.